The highest BCUT2D eigenvalue weighted by Crippen LogP contribution is 2.28. The SMILES string of the molecule is Cc1cc(F)cc(-n2nc(C(=O)O)c3c2CCC3)c1. The van der Waals surface area contributed by atoms with Crippen LogP contribution in [0.3, 0.4) is 0 Å². The van der Waals surface area contributed by atoms with Crippen molar-refractivity contribution in [1.82, 2.24) is 9.78 Å². The summed E-state index contributed by atoms with van der Waals surface area (Å²) >= 11 is 0. The van der Waals surface area contributed by atoms with Crippen molar-refractivity contribution in [1.29, 1.82) is 0 Å². The van der Waals surface area contributed by atoms with Crippen LogP contribution in [0.2, 0.25) is 0 Å². The molecule has 98 valence electrons. The number of benzene rings is 1. The van der Waals surface area contributed by atoms with Crippen LogP contribution in [0.15, 0.2) is 18.2 Å². The van der Waals surface area contributed by atoms with Gasteiger partial charge in [-0.25, -0.2) is 13.9 Å². The molecule has 0 atom stereocenters. The molecular weight excluding hydrogens is 247 g/mol. The molecule has 0 unspecified atom stereocenters. The minimum absolute atomic E-state index is 0.0921. The van der Waals surface area contributed by atoms with E-state index in [0.717, 1.165) is 36.1 Å². The zero-order chi connectivity index (χ0) is 13.6. The van der Waals surface area contributed by atoms with Gasteiger partial charge in [0, 0.05) is 11.3 Å². The van der Waals surface area contributed by atoms with E-state index in [-0.39, 0.29) is 11.5 Å². The van der Waals surface area contributed by atoms with E-state index in [1.165, 1.54) is 12.1 Å². The largest absolute Gasteiger partial charge is 0.476 e. The molecule has 1 N–H and O–H groups in total. The molecule has 0 spiro atoms. The van der Waals surface area contributed by atoms with Gasteiger partial charge < -0.3 is 5.11 Å². The van der Waals surface area contributed by atoms with Gasteiger partial charge in [-0.2, -0.15) is 5.10 Å². The summed E-state index contributed by atoms with van der Waals surface area (Å²) in [6.07, 6.45) is 2.43. The normalized spacial score (nSPS) is 13.6. The summed E-state index contributed by atoms with van der Waals surface area (Å²) in [7, 11) is 0. The molecule has 1 aromatic heterocycles. The van der Waals surface area contributed by atoms with Gasteiger partial charge in [-0.05, 0) is 49.9 Å². The van der Waals surface area contributed by atoms with Crippen LogP contribution >= 0.6 is 0 Å². The maximum atomic E-state index is 13.5. The van der Waals surface area contributed by atoms with E-state index in [9.17, 15) is 9.18 Å². The van der Waals surface area contributed by atoms with Crippen LogP contribution in [0.4, 0.5) is 4.39 Å². The number of halogens is 1. The number of fused-ring (bicyclic) bond motifs is 1. The molecule has 0 fully saturated rings. The molecule has 0 aliphatic heterocycles. The van der Waals surface area contributed by atoms with E-state index in [4.69, 9.17) is 5.11 Å². The molecule has 19 heavy (non-hydrogen) atoms. The number of carboxylic acids is 1. The number of rotatable bonds is 2. The van der Waals surface area contributed by atoms with Crippen LogP contribution in [-0.4, -0.2) is 20.9 Å². The zero-order valence-electron chi connectivity index (χ0n) is 10.5. The van der Waals surface area contributed by atoms with E-state index in [2.05, 4.69) is 5.10 Å². The van der Waals surface area contributed by atoms with Crippen LogP contribution in [0.1, 0.15) is 33.7 Å². The van der Waals surface area contributed by atoms with Crippen molar-refractivity contribution in [3.63, 3.8) is 0 Å². The highest BCUT2D eigenvalue weighted by molar-refractivity contribution is 5.87. The highest BCUT2D eigenvalue weighted by atomic mass is 19.1. The number of aromatic nitrogens is 2. The third-order valence-corrected chi connectivity index (χ3v) is 3.40. The molecule has 4 nitrogen and oxygen atoms in total. The lowest BCUT2D eigenvalue weighted by atomic mass is 10.2. The fraction of sp³-hybridized carbons (Fsp3) is 0.286. The van der Waals surface area contributed by atoms with Crippen molar-refractivity contribution in [2.45, 2.75) is 26.2 Å². The summed E-state index contributed by atoms with van der Waals surface area (Å²) < 4.78 is 15.0. The van der Waals surface area contributed by atoms with Gasteiger partial charge in [-0.1, -0.05) is 0 Å². The average molecular weight is 260 g/mol. The molecule has 0 saturated heterocycles. The first-order valence-electron chi connectivity index (χ1n) is 6.18. The van der Waals surface area contributed by atoms with Crippen LogP contribution in [0, 0.1) is 12.7 Å². The van der Waals surface area contributed by atoms with Gasteiger partial charge >= 0.3 is 5.97 Å². The second kappa shape index (κ2) is 4.19. The monoisotopic (exact) mass is 260 g/mol. The first-order valence-corrected chi connectivity index (χ1v) is 6.18. The molecular formula is C14H13FN2O2. The topological polar surface area (TPSA) is 55.1 Å². The minimum Gasteiger partial charge on any atom is -0.476 e. The molecule has 1 heterocycles. The lowest BCUT2D eigenvalue weighted by Crippen LogP contribution is -2.05. The van der Waals surface area contributed by atoms with Gasteiger partial charge in [0.1, 0.15) is 5.82 Å². The quantitative estimate of drug-likeness (QED) is 0.902. The van der Waals surface area contributed by atoms with Crippen molar-refractivity contribution in [3.8, 4) is 5.69 Å². The molecule has 0 saturated carbocycles. The Bertz CT molecular complexity index is 656. The molecule has 1 aliphatic carbocycles. The Morgan fingerprint density at radius 2 is 2.16 bits per heavy atom. The summed E-state index contributed by atoms with van der Waals surface area (Å²) in [6.45, 7) is 1.80. The number of carbonyl (C=O) groups is 1. The Balaban J connectivity index is 2.20. The van der Waals surface area contributed by atoms with Gasteiger partial charge in [-0.15, -0.1) is 0 Å². The summed E-state index contributed by atoms with van der Waals surface area (Å²) in [4.78, 5) is 11.2. The standard InChI is InChI=1S/C14H13FN2O2/c1-8-5-9(15)7-10(6-8)17-12-4-2-3-11(12)13(16-17)14(18)19/h5-7H,2-4H2,1H3,(H,18,19). The molecule has 0 bridgehead atoms. The summed E-state index contributed by atoms with van der Waals surface area (Å²) in [6, 6.07) is 4.62. The fourth-order valence-corrected chi connectivity index (χ4v) is 2.66. The van der Waals surface area contributed by atoms with E-state index in [0.29, 0.717) is 5.69 Å². The minimum atomic E-state index is -1.02. The second-order valence-electron chi connectivity index (χ2n) is 4.83. The third kappa shape index (κ3) is 1.91. The van der Waals surface area contributed by atoms with Crippen molar-refractivity contribution >= 4 is 5.97 Å². The highest BCUT2D eigenvalue weighted by Gasteiger charge is 2.26. The number of nitrogens with zero attached hydrogens (tertiary/aromatic N) is 2. The molecule has 5 heteroatoms. The molecule has 0 radical (unpaired) electrons. The second-order valence-corrected chi connectivity index (χ2v) is 4.83. The Labute approximate surface area is 109 Å². The van der Waals surface area contributed by atoms with Crippen molar-refractivity contribution in [3.05, 3.63) is 46.5 Å². The number of aryl methyl sites for hydroxylation is 1. The zero-order valence-corrected chi connectivity index (χ0v) is 10.5. The first kappa shape index (κ1) is 11.9. The lowest BCUT2D eigenvalue weighted by Gasteiger charge is -2.06. The van der Waals surface area contributed by atoms with Crippen LogP contribution in [-0.2, 0) is 12.8 Å². The first-order chi connectivity index (χ1) is 9.06. The van der Waals surface area contributed by atoms with Gasteiger partial charge in [0.05, 0.1) is 5.69 Å². The average Bonchev–Trinajstić information content (AvgIpc) is 2.86. The van der Waals surface area contributed by atoms with Gasteiger partial charge in [0.25, 0.3) is 0 Å². The Morgan fingerprint density at radius 3 is 2.84 bits per heavy atom. The lowest BCUT2D eigenvalue weighted by molar-refractivity contribution is 0.0689. The van der Waals surface area contributed by atoms with Gasteiger partial charge in [0.15, 0.2) is 5.69 Å². The molecule has 3 rings (SSSR count). The molecule has 1 aliphatic rings. The van der Waals surface area contributed by atoms with Crippen LogP contribution in [0.5, 0.6) is 0 Å². The van der Waals surface area contributed by atoms with E-state index in [1.54, 1.807) is 17.7 Å². The molecule has 0 amide bonds. The summed E-state index contributed by atoms with van der Waals surface area (Å²) in [5.41, 5.74) is 3.14. The Hall–Kier alpha value is -2.17. The molecule has 2 aromatic rings. The summed E-state index contributed by atoms with van der Waals surface area (Å²) in [5, 5.41) is 13.3. The number of hydrogen-bond donors (Lipinski definition) is 1. The predicted octanol–water partition coefficient (Wildman–Crippen LogP) is 2.51. The predicted molar refractivity (Wildman–Crippen MR) is 67.2 cm³/mol. The van der Waals surface area contributed by atoms with E-state index < -0.39 is 5.97 Å². The van der Waals surface area contributed by atoms with Crippen molar-refractivity contribution < 1.29 is 14.3 Å². The van der Waals surface area contributed by atoms with Gasteiger partial charge in [-0.3, -0.25) is 0 Å². The number of aromatic carboxylic acids is 1. The number of hydrogen-bond acceptors (Lipinski definition) is 2. The Morgan fingerprint density at radius 1 is 1.37 bits per heavy atom. The molecule has 1 aromatic carbocycles. The number of carboxylic acid groups (broad SMARTS) is 1. The van der Waals surface area contributed by atoms with E-state index >= 15 is 0 Å². The Kier molecular flexibility index (Phi) is 2.62. The van der Waals surface area contributed by atoms with Crippen molar-refractivity contribution in [2.24, 2.45) is 0 Å². The maximum absolute atomic E-state index is 13.5. The third-order valence-electron chi connectivity index (χ3n) is 3.40. The maximum Gasteiger partial charge on any atom is 0.356 e. The van der Waals surface area contributed by atoms with Gasteiger partial charge in [0.2, 0.25) is 0 Å². The summed E-state index contributed by atoms with van der Waals surface area (Å²) in [5.74, 6) is -1.36. The fourth-order valence-electron chi connectivity index (χ4n) is 2.66. The smallest absolute Gasteiger partial charge is 0.356 e. The van der Waals surface area contributed by atoms with Crippen molar-refractivity contribution in [2.75, 3.05) is 0 Å². The van der Waals surface area contributed by atoms with Crippen LogP contribution in [0.25, 0.3) is 5.69 Å². The van der Waals surface area contributed by atoms with E-state index in [1.807, 2.05) is 0 Å². The van der Waals surface area contributed by atoms with Crippen LogP contribution < -0.4 is 0 Å².